The molecule has 2 rings (SSSR count). The normalized spacial score (nSPS) is 10.4. The van der Waals surface area contributed by atoms with Crippen molar-refractivity contribution < 1.29 is 9.90 Å². The third-order valence-electron chi connectivity index (χ3n) is 2.48. The molecule has 0 unspecified atom stereocenters. The number of aromatic carboxylic acids is 1. The number of carboxylic acid groups (broad SMARTS) is 1. The molecule has 1 aromatic carbocycles. The van der Waals surface area contributed by atoms with Gasteiger partial charge in [0, 0.05) is 16.3 Å². The number of nitrogens with zero attached hydrogens (tertiary/aromatic N) is 1. The van der Waals surface area contributed by atoms with Crippen LogP contribution < -0.4 is 11.5 Å². The van der Waals surface area contributed by atoms with Crippen LogP contribution in [-0.4, -0.2) is 16.1 Å². The van der Waals surface area contributed by atoms with E-state index in [0.717, 1.165) is 0 Å². The molecule has 0 radical (unpaired) electrons. The number of nitrogen functional groups attached to an aromatic ring is 2. The first-order chi connectivity index (χ1) is 8.90. The lowest BCUT2D eigenvalue weighted by Crippen LogP contribution is -2.05. The number of carbonyl (C=O) groups is 1. The summed E-state index contributed by atoms with van der Waals surface area (Å²) >= 11 is 11.6. The first-order valence-electron chi connectivity index (χ1n) is 5.15. The predicted octanol–water partition coefficient (Wildman–Crippen LogP) is 2.92. The van der Waals surface area contributed by atoms with Gasteiger partial charge in [-0.1, -0.05) is 23.2 Å². The Morgan fingerprint density at radius 2 is 1.84 bits per heavy atom. The smallest absolute Gasteiger partial charge is 0.356 e. The van der Waals surface area contributed by atoms with Crippen molar-refractivity contribution in [1.29, 1.82) is 0 Å². The Balaban J connectivity index is 2.66. The van der Waals surface area contributed by atoms with Crippen LogP contribution in [0.3, 0.4) is 0 Å². The molecule has 98 valence electrons. The SMILES string of the molecule is Nc1cc(Cl)ccc1-c1cc(N)c(Cl)c(C(=O)O)n1. The largest absolute Gasteiger partial charge is 0.476 e. The molecule has 5 N–H and O–H groups in total. The number of rotatable bonds is 2. The second-order valence-corrected chi connectivity index (χ2v) is 4.61. The van der Waals surface area contributed by atoms with E-state index < -0.39 is 5.97 Å². The Kier molecular flexibility index (Phi) is 3.50. The van der Waals surface area contributed by atoms with Gasteiger partial charge in [-0.15, -0.1) is 0 Å². The van der Waals surface area contributed by atoms with Gasteiger partial charge in [-0.3, -0.25) is 0 Å². The standard InChI is InChI=1S/C12H9Cl2N3O2/c13-5-1-2-6(7(15)3-5)9-4-8(16)10(14)11(17-9)12(18)19/h1-4H,15H2,(H2,16,17)(H,18,19). The number of pyridine rings is 1. The summed E-state index contributed by atoms with van der Waals surface area (Å²) in [4.78, 5) is 15.0. The monoisotopic (exact) mass is 297 g/mol. The van der Waals surface area contributed by atoms with E-state index in [1.165, 1.54) is 6.07 Å². The van der Waals surface area contributed by atoms with Crippen molar-refractivity contribution in [3.8, 4) is 11.3 Å². The minimum absolute atomic E-state index is 0.0937. The van der Waals surface area contributed by atoms with Crippen molar-refractivity contribution in [2.45, 2.75) is 0 Å². The molecule has 0 saturated heterocycles. The molecule has 0 bridgehead atoms. The van der Waals surface area contributed by atoms with Crippen molar-refractivity contribution >= 4 is 40.5 Å². The topological polar surface area (TPSA) is 102 Å². The van der Waals surface area contributed by atoms with Crippen LogP contribution in [0.4, 0.5) is 11.4 Å². The Hall–Kier alpha value is -1.98. The molecule has 1 aromatic heterocycles. The number of hydrogen-bond acceptors (Lipinski definition) is 4. The summed E-state index contributed by atoms with van der Waals surface area (Å²) in [5, 5.41) is 9.40. The molecule has 0 aliphatic carbocycles. The zero-order valence-electron chi connectivity index (χ0n) is 9.52. The lowest BCUT2D eigenvalue weighted by Gasteiger charge is -2.09. The zero-order chi connectivity index (χ0) is 14.2. The fourth-order valence-corrected chi connectivity index (χ4v) is 1.95. The molecule has 7 heteroatoms. The van der Waals surface area contributed by atoms with Crippen molar-refractivity contribution in [3.05, 3.63) is 40.0 Å². The van der Waals surface area contributed by atoms with Crippen molar-refractivity contribution in [2.75, 3.05) is 11.5 Å². The Morgan fingerprint density at radius 1 is 1.16 bits per heavy atom. The van der Waals surface area contributed by atoms with Crippen LogP contribution in [0, 0.1) is 0 Å². The quantitative estimate of drug-likeness (QED) is 0.740. The lowest BCUT2D eigenvalue weighted by atomic mass is 10.1. The number of aromatic nitrogens is 1. The van der Waals surface area contributed by atoms with Crippen LogP contribution in [0.15, 0.2) is 24.3 Å². The molecule has 19 heavy (non-hydrogen) atoms. The number of hydrogen-bond donors (Lipinski definition) is 3. The molecule has 0 aliphatic rings. The number of halogens is 2. The summed E-state index contributed by atoms with van der Waals surface area (Å²) in [5.41, 5.74) is 12.5. The van der Waals surface area contributed by atoms with Crippen LogP contribution in [0.1, 0.15) is 10.5 Å². The Labute approximate surface area is 118 Å². The average Bonchev–Trinajstić information content (AvgIpc) is 2.32. The van der Waals surface area contributed by atoms with Gasteiger partial charge < -0.3 is 16.6 Å². The first kappa shape index (κ1) is 13.5. The van der Waals surface area contributed by atoms with Gasteiger partial charge >= 0.3 is 5.97 Å². The summed E-state index contributed by atoms with van der Waals surface area (Å²) in [6, 6.07) is 6.28. The van der Waals surface area contributed by atoms with Crippen LogP contribution in [0.2, 0.25) is 10.0 Å². The van der Waals surface area contributed by atoms with Crippen LogP contribution >= 0.6 is 23.2 Å². The van der Waals surface area contributed by atoms with E-state index in [-0.39, 0.29) is 16.4 Å². The van der Waals surface area contributed by atoms with Gasteiger partial charge in [0.25, 0.3) is 0 Å². The molecular formula is C12H9Cl2N3O2. The van der Waals surface area contributed by atoms with Gasteiger partial charge in [-0.25, -0.2) is 9.78 Å². The van der Waals surface area contributed by atoms with E-state index >= 15 is 0 Å². The third kappa shape index (κ3) is 2.57. The summed E-state index contributed by atoms with van der Waals surface area (Å²) in [6.07, 6.45) is 0. The Bertz CT molecular complexity index is 674. The maximum absolute atomic E-state index is 11.0. The molecule has 0 atom stereocenters. The van der Waals surface area contributed by atoms with Gasteiger partial charge in [-0.05, 0) is 24.3 Å². The van der Waals surface area contributed by atoms with Crippen LogP contribution in [-0.2, 0) is 0 Å². The second-order valence-electron chi connectivity index (χ2n) is 3.80. The number of nitrogens with two attached hydrogens (primary N) is 2. The van der Waals surface area contributed by atoms with Crippen molar-refractivity contribution in [1.82, 2.24) is 4.98 Å². The van der Waals surface area contributed by atoms with Gasteiger partial charge in [0.15, 0.2) is 5.69 Å². The molecular weight excluding hydrogens is 289 g/mol. The van der Waals surface area contributed by atoms with E-state index in [2.05, 4.69) is 4.98 Å². The van der Waals surface area contributed by atoms with E-state index in [0.29, 0.717) is 22.0 Å². The summed E-state index contributed by atoms with van der Waals surface area (Å²) in [5.74, 6) is -1.26. The second kappa shape index (κ2) is 4.95. The molecule has 0 fully saturated rings. The molecule has 0 saturated carbocycles. The minimum Gasteiger partial charge on any atom is -0.476 e. The van der Waals surface area contributed by atoms with Crippen LogP contribution in [0.5, 0.6) is 0 Å². The fraction of sp³-hybridized carbons (Fsp3) is 0. The van der Waals surface area contributed by atoms with Gasteiger partial charge in [0.2, 0.25) is 0 Å². The maximum Gasteiger partial charge on any atom is 0.356 e. The van der Waals surface area contributed by atoms with E-state index in [4.69, 9.17) is 39.8 Å². The first-order valence-corrected chi connectivity index (χ1v) is 5.90. The molecule has 5 nitrogen and oxygen atoms in total. The van der Waals surface area contributed by atoms with E-state index in [1.54, 1.807) is 18.2 Å². The zero-order valence-corrected chi connectivity index (χ0v) is 11.0. The summed E-state index contributed by atoms with van der Waals surface area (Å²) < 4.78 is 0. The highest BCUT2D eigenvalue weighted by Gasteiger charge is 2.17. The maximum atomic E-state index is 11.0. The van der Waals surface area contributed by atoms with E-state index in [9.17, 15) is 4.79 Å². The van der Waals surface area contributed by atoms with Crippen LogP contribution in [0.25, 0.3) is 11.3 Å². The Morgan fingerprint density at radius 3 is 2.42 bits per heavy atom. The number of carboxylic acids is 1. The van der Waals surface area contributed by atoms with Gasteiger partial charge in [0.1, 0.15) is 0 Å². The highest BCUT2D eigenvalue weighted by atomic mass is 35.5. The van der Waals surface area contributed by atoms with Gasteiger partial charge in [0.05, 0.1) is 16.4 Å². The molecule has 2 aromatic rings. The third-order valence-corrected chi connectivity index (χ3v) is 3.11. The predicted molar refractivity (Wildman–Crippen MR) is 75.5 cm³/mol. The lowest BCUT2D eigenvalue weighted by molar-refractivity contribution is 0.0691. The molecule has 0 amide bonds. The molecule has 1 heterocycles. The summed E-state index contributed by atoms with van der Waals surface area (Å²) in [6.45, 7) is 0. The highest BCUT2D eigenvalue weighted by Crippen LogP contribution is 2.32. The van der Waals surface area contributed by atoms with Crippen molar-refractivity contribution in [3.63, 3.8) is 0 Å². The number of benzene rings is 1. The fourth-order valence-electron chi connectivity index (χ4n) is 1.60. The molecule has 0 aliphatic heterocycles. The van der Waals surface area contributed by atoms with E-state index in [1.807, 2.05) is 0 Å². The minimum atomic E-state index is -1.26. The number of anilines is 2. The highest BCUT2D eigenvalue weighted by molar-refractivity contribution is 6.35. The van der Waals surface area contributed by atoms with Crippen molar-refractivity contribution in [2.24, 2.45) is 0 Å². The summed E-state index contributed by atoms with van der Waals surface area (Å²) in [7, 11) is 0. The average molecular weight is 298 g/mol. The molecule has 0 spiro atoms. The van der Waals surface area contributed by atoms with Gasteiger partial charge in [-0.2, -0.15) is 0 Å².